The lowest BCUT2D eigenvalue weighted by molar-refractivity contribution is 0.375. The number of nitrogens with zero attached hydrogens (tertiary/aromatic N) is 2. The molecule has 16 heavy (non-hydrogen) atoms. The number of nitrogens with one attached hydrogen (secondary N) is 1. The van der Waals surface area contributed by atoms with Crippen molar-refractivity contribution in [2.75, 3.05) is 6.54 Å². The number of hydrogen-bond donors (Lipinski definition) is 1. The van der Waals surface area contributed by atoms with Crippen molar-refractivity contribution in [1.82, 2.24) is 15.1 Å². The summed E-state index contributed by atoms with van der Waals surface area (Å²) < 4.78 is 1.97. The Labute approximate surface area is 99.2 Å². The molecule has 92 valence electrons. The molecule has 1 rings (SSSR count). The van der Waals surface area contributed by atoms with Crippen molar-refractivity contribution in [3.05, 3.63) is 18.0 Å². The summed E-state index contributed by atoms with van der Waals surface area (Å²) >= 11 is 0. The zero-order chi connectivity index (χ0) is 12.0. The third-order valence-electron chi connectivity index (χ3n) is 3.10. The Hall–Kier alpha value is -0.830. The van der Waals surface area contributed by atoms with E-state index in [1.165, 1.54) is 18.5 Å². The summed E-state index contributed by atoms with van der Waals surface area (Å²) in [6.45, 7) is 7.91. The van der Waals surface area contributed by atoms with Gasteiger partial charge in [-0.15, -0.1) is 0 Å². The number of aryl methyl sites for hydroxylation is 2. The van der Waals surface area contributed by atoms with Gasteiger partial charge in [0, 0.05) is 25.0 Å². The van der Waals surface area contributed by atoms with Crippen molar-refractivity contribution in [2.45, 2.75) is 46.1 Å². The maximum Gasteiger partial charge on any atom is 0.0492 e. The summed E-state index contributed by atoms with van der Waals surface area (Å²) in [6, 6.07) is 2.73. The van der Waals surface area contributed by atoms with Gasteiger partial charge in [0.15, 0.2) is 0 Å². The van der Waals surface area contributed by atoms with E-state index in [1.54, 1.807) is 0 Å². The van der Waals surface area contributed by atoms with Crippen LogP contribution < -0.4 is 5.32 Å². The molecule has 3 heteroatoms. The van der Waals surface area contributed by atoms with Crippen molar-refractivity contribution in [2.24, 2.45) is 13.0 Å². The third kappa shape index (κ3) is 3.97. The van der Waals surface area contributed by atoms with Crippen molar-refractivity contribution >= 4 is 0 Å². The van der Waals surface area contributed by atoms with E-state index in [0.717, 1.165) is 13.0 Å². The van der Waals surface area contributed by atoms with Crippen LogP contribution >= 0.6 is 0 Å². The molecule has 0 saturated carbocycles. The van der Waals surface area contributed by atoms with Gasteiger partial charge in [0.2, 0.25) is 0 Å². The molecular weight excluding hydrogens is 198 g/mol. The zero-order valence-corrected chi connectivity index (χ0v) is 11.0. The third-order valence-corrected chi connectivity index (χ3v) is 3.10. The van der Waals surface area contributed by atoms with Crippen molar-refractivity contribution in [3.63, 3.8) is 0 Å². The van der Waals surface area contributed by atoms with Crippen LogP contribution in [0.15, 0.2) is 12.3 Å². The molecule has 1 atom stereocenters. The Morgan fingerprint density at radius 1 is 1.44 bits per heavy atom. The van der Waals surface area contributed by atoms with Gasteiger partial charge in [-0.25, -0.2) is 0 Å². The van der Waals surface area contributed by atoms with Crippen molar-refractivity contribution < 1.29 is 0 Å². The van der Waals surface area contributed by atoms with E-state index < -0.39 is 0 Å². The van der Waals surface area contributed by atoms with Gasteiger partial charge in [-0.2, -0.15) is 5.10 Å². The van der Waals surface area contributed by atoms with Crippen LogP contribution in [0.2, 0.25) is 0 Å². The van der Waals surface area contributed by atoms with E-state index in [2.05, 4.69) is 37.3 Å². The lowest BCUT2D eigenvalue weighted by Crippen LogP contribution is -2.34. The predicted octanol–water partition coefficient (Wildman–Crippen LogP) is 2.38. The molecule has 0 aliphatic carbocycles. The molecule has 1 heterocycles. The first-order valence-electron chi connectivity index (χ1n) is 6.35. The highest BCUT2D eigenvalue weighted by atomic mass is 15.2. The molecule has 0 spiro atoms. The second-order valence-electron chi connectivity index (χ2n) is 4.79. The molecule has 0 fully saturated rings. The Bertz CT molecular complexity index is 291. The van der Waals surface area contributed by atoms with Crippen LogP contribution in [0.4, 0.5) is 0 Å². The van der Waals surface area contributed by atoms with Gasteiger partial charge in [0.25, 0.3) is 0 Å². The summed E-state index contributed by atoms with van der Waals surface area (Å²) in [5, 5.41) is 7.82. The lowest BCUT2D eigenvalue weighted by Gasteiger charge is -2.22. The number of aromatic nitrogens is 2. The summed E-state index contributed by atoms with van der Waals surface area (Å²) in [4.78, 5) is 0. The second-order valence-corrected chi connectivity index (χ2v) is 4.79. The molecule has 1 unspecified atom stereocenters. The van der Waals surface area contributed by atoms with E-state index in [0.29, 0.717) is 12.0 Å². The smallest absolute Gasteiger partial charge is 0.0492 e. The molecule has 0 aliphatic rings. The standard InChI is InChI=1S/C13H25N3/c1-5-9-14-13(11(2)3)7-6-12-8-10-15-16(12)4/h8,10-11,13-14H,5-7,9H2,1-4H3. The molecule has 0 saturated heterocycles. The van der Waals surface area contributed by atoms with Crippen LogP contribution in [0.3, 0.4) is 0 Å². The molecule has 0 radical (unpaired) electrons. The highest BCUT2D eigenvalue weighted by Crippen LogP contribution is 2.10. The summed E-state index contributed by atoms with van der Waals surface area (Å²) in [5.41, 5.74) is 1.32. The zero-order valence-electron chi connectivity index (χ0n) is 11.0. The van der Waals surface area contributed by atoms with Gasteiger partial charge >= 0.3 is 0 Å². The first kappa shape index (κ1) is 13.2. The van der Waals surface area contributed by atoms with E-state index in [-0.39, 0.29) is 0 Å². The normalized spacial score (nSPS) is 13.3. The molecule has 0 aromatic carbocycles. The van der Waals surface area contributed by atoms with Gasteiger partial charge < -0.3 is 5.32 Å². The fourth-order valence-electron chi connectivity index (χ4n) is 1.95. The van der Waals surface area contributed by atoms with Crippen LogP contribution in [0.5, 0.6) is 0 Å². The molecule has 0 aliphatic heterocycles. The van der Waals surface area contributed by atoms with Crippen LogP contribution in [-0.2, 0) is 13.5 Å². The maximum absolute atomic E-state index is 4.20. The van der Waals surface area contributed by atoms with E-state index >= 15 is 0 Å². The van der Waals surface area contributed by atoms with E-state index in [4.69, 9.17) is 0 Å². The Morgan fingerprint density at radius 2 is 2.19 bits per heavy atom. The number of rotatable bonds is 7. The minimum absolute atomic E-state index is 0.620. The largest absolute Gasteiger partial charge is 0.314 e. The highest BCUT2D eigenvalue weighted by Gasteiger charge is 2.12. The average molecular weight is 223 g/mol. The van der Waals surface area contributed by atoms with E-state index in [9.17, 15) is 0 Å². The van der Waals surface area contributed by atoms with Gasteiger partial charge in [-0.05, 0) is 37.8 Å². The quantitative estimate of drug-likeness (QED) is 0.769. The molecule has 0 bridgehead atoms. The molecule has 1 N–H and O–H groups in total. The molecule has 1 aromatic rings. The Kier molecular flexibility index (Phi) is 5.53. The van der Waals surface area contributed by atoms with Crippen molar-refractivity contribution in [3.8, 4) is 0 Å². The second kappa shape index (κ2) is 6.69. The fourth-order valence-corrected chi connectivity index (χ4v) is 1.95. The first-order chi connectivity index (χ1) is 7.65. The van der Waals surface area contributed by atoms with Gasteiger partial charge in [-0.1, -0.05) is 20.8 Å². The van der Waals surface area contributed by atoms with Gasteiger partial charge in [0.05, 0.1) is 0 Å². The van der Waals surface area contributed by atoms with Gasteiger partial charge in [-0.3, -0.25) is 4.68 Å². The topological polar surface area (TPSA) is 29.9 Å². The van der Waals surface area contributed by atoms with Crippen molar-refractivity contribution in [1.29, 1.82) is 0 Å². The Morgan fingerprint density at radius 3 is 2.69 bits per heavy atom. The monoisotopic (exact) mass is 223 g/mol. The van der Waals surface area contributed by atoms with Gasteiger partial charge in [0.1, 0.15) is 0 Å². The summed E-state index contributed by atoms with van der Waals surface area (Å²) in [5.74, 6) is 0.694. The first-order valence-corrected chi connectivity index (χ1v) is 6.35. The molecular formula is C13H25N3. The van der Waals surface area contributed by atoms with E-state index in [1.807, 2.05) is 17.9 Å². The molecule has 0 amide bonds. The molecule has 1 aromatic heterocycles. The highest BCUT2D eigenvalue weighted by molar-refractivity contribution is 5.00. The number of hydrogen-bond acceptors (Lipinski definition) is 2. The average Bonchev–Trinajstić information content (AvgIpc) is 2.64. The fraction of sp³-hybridized carbons (Fsp3) is 0.769. The van der Waals surface area contributed by atoms with Crippen LogP contribution in [0.25, 0.3) is 0 Å². The SMILES string of the molecule is CCCNC(CCc1ccnn1C)C(C)C. The summed E-state index contributed by atoms with van der Waals surface area (Å²) in [6.07, 6.45) is 5.38. The minimum atomic E-state index is 0.620. The summed E-state index contributed by atoms with van der Waals surface area (Å²) in [7, 11) is 2.01. The maximum atomic E-state index is 4.20. The lowest BCUT2D eigenvalue weighted by atomic mass is 9.98. The Balaban J connectivity index is 2.40. The van der Waals surface area contributed by atoms with Crippen LogP contribution in [-0.4, -0.2) is 22.4 Å². The van der Waals surface area contributed by atoms with Crippen LogP contribution in [0.1, 0.15) is 39.3 Å². The molecule has 3 nitrogen and oxygen atoms in total. The van der Waals surface area contributed by atoms with Crippen LogP contribution in [0, 0.1) is 5.92 Å². The minimum Gasteiger partial charge on any atom is -0.314 e. The predicted molar refractivity (Wildman–Crippen MR) is 68.4 cm³/mol.